The molecule has 0 amide bonds. The summed E-state index contributed by atoms with van der Waals surface area (Å²) in [6.07, 6.45) is 0. The number of aryl methyl sites for hydroxylation is 1. The fourth-order valence-corrected chi connectivity index (χ4v) is 3.85. The van der Waals surface area contributed by atoms with Gasteiger partial charge in [0.05, 0.1) is 5.69 Å². The number of likely N-dealkylation sites (N-methyl/N-ethyl adjacent to an activating group) is 1. The Morgan fingerprint density at radius 2 is 2.05 bits per heavy atom. The molecule has 1 aliphatic heterocycles. The van der Waals surface area contributed by atoms with E-state index in [1.807, 2.05) is 36.9 Å². The van der Waals surface area contributed by atoms with Gasteiger partial charge < -0.3 is 15.4 Å². The predicted octanol–water partition coefficient (Wildman–Crippen LogP) is 3.91. The maximum absolute atomic E-state index is 5.97. The van der Waals surface area contributed by atoms with Gasteiger partial charge in [0.15, 0.2) is 0 Å². The van der Waals surface area contributed by atoms with E-state index in [9.17, 15) is 0 Å². The predicted molar refractivity (Wildman–Crippen MR) is 90.2 cm³/mol. The highest BCUT2D eigenvalue weighted by molar-refractivity contribution is 8.00. The number of anilines is 2. The molecule has 1 atom stereocenters. The molecule has 0 saturated carbocycles. The quantitative estimate of drug-likeness (QED) is 0.869. The van der Waals surface area contributed by atoms with E-state index in [-0.39, 0.29) is 0 Å². The summed E-state index contributed by atoms with van der Waals surface area (Å²) in [5.74, 6) is 0.884. The number of nitrogen functional groups attached to an aromatic ring is 1. The van der Waals surface area contributed by atoms with Crippen molar-refractivity contribution in [1.82, 2.24) is 0 Å². The van der Waals surface area contributed by atoms with Gasteiger partial charge in [-0.25, -0.2) is 0 Å². The summed E-state index contributed by atoms with van der Waals surface area (Å²) < 4.78 is 5.97. The van der Waals surface area contributed by atoms with E-state index in [0.717, 1.165) is 23.5 Å². The molecule has 0 aromatic heterocycles. The maximum Gasteiger partial charge on any atom is 0.119 e. The Kier molecular flexibility index (Phi) is 3.97. The molecule has 1 heterocycles. The fraction of sp³-hybridized carbons (Fsp3) is 0.294. The molecule has 2 aromatic rings. The Labute approximate surface area is 130 Å². The monoisotopic (exact) mass is 300 g/mol. The Morgan fingerprint density at radius 1 is 1.24 bits per heavy atom. The van der Waals surface area contributed by atoms with Crippen molar-refractivity contribution in [3.63, 3.8) is 0 Å². The summed E-state index contributed by atoms with van der Waals surface area (Å²) in [5, 5.41) is 0.324. The lowest BCUT2D eigenvalue weighted by Crippen LogP contribution is -2.33. The molecule has 0 saturated heterocycles. The normalized spacial score (nSPS) is 16.9. The Bertz CT molecular complexity index is 644. The third kappa shape index (κ3) is 2.81. The summed E-state index contributed by atoms with van der Waals surface area (Å²) in [7, 11) is 0. The fourth-order valence-electron chi connectivity index (χ4n) is 2.56. The van der Waals surface area contributed by atoms with Gasteiger partial charge in [0, 0.05) is 17.1 Å². The number of nitrogens with zero attached hydrogens (tertiary/aromatic N) is 1. The lowest BCUT2D eigenvalue weighted by molar-refractivity contribution is 0.315. The van der Waals surface area contributed by atoms with Crippen LogP contribution in [0.3, 0.4) is 0 Å². The molecule has 2 aromatic carbocycles. The van der Waals surface area contributed by atoms with Crippen molar-refractivity contribution >= 4 is 23.1 Å². The van der Waals surface area contributed by atoms with Gasteiger partial charge in [0.2, 0.25) is 0 Å². The highest BCUT2D eigenvalue weighted by Crippen LogP contribution is 2.43. The zero-order valence-corrected chi connectivity index (χ0v) is 13.2. The molecule has 0 fully saturated rings. The van der Waals surface area contributed by atoms with Gasteiger partial charge in [-0.2, -0.15) is 0 Å². The molecule has 0 spiro atoms. The lowest BCUT2D eigenvalue weighted by atomic mass is 10.2. The average molecular weight is 300 g/mol. The minimum absolute atomic E-state index is 0.324. The van der Waals surface area contributed by atoms with Crippen LogP contribution in [0.4, 0.5) is 11.4 Å². The lowest BCUT2D eigenvalue weighted by Gasteiger charge is -2.25. The van der Waals surface area contributed by atoms with E-state index in [2.05, 4.69) is 36.1 Å². The molecule has 110 valence electrons. The SMILES string of the molecule is CCN1c2ccccc2SC1COc1ccc(N)c(C)c1. The van der Waals surface area contributed by atoms with Gasteiger partial charge >= 0.3 is 0 Å². The van der Waals surface area contributed by atoms with E-state index in [0.29, 0.717) is 12.0 Å². The van der Waals surface area contributed by atoms with Crippen molar-refractivity contribution in [3.05, 3.63) is 48.0 Å². The number of rotatable bonds is 4. The highest BCUT2D eigenvalue weighted by Gasteiger charge is 2.29. The third-order valence-corrected chi connectivity index (χ3v) is 5.02. The van der Waals surface area contributed by atoms with Crippen LogP contribution in [-0.4, -0.2) is 18.5 Å². The molecule has 0 radical (unpaired) electrons. The molecular weight excluding hydrogens is 280 g/mol. The molecule has 0 bridgehead atoms. The molecule has 4 heteroatoms. The van der Waals surface area contributed by atoms with E-state index < -0.39 is 0 Å². The van der Waals surface area contributed by atoms with Gasteiger partial charge in [-0.15, -0.1) is 0 Å². The molecule has 1 aliphatic rings. The van der Waals surface area contributed by atoms with Gasteiger partial charge in [-0.05, 0) is 49.7 Å². The molecule has 21 heavy (non-hydrogen) atoms. The Balaban J connectivity index is 1.70. The second-order valence-electron chi connectivity index (χ2n) is 5.16. The average Bonchev–Trinajstić information content (AvgIpc) is 2.86. The number of para-hydroxylation sites is 1. The van der Waals surface area contributed by atoms with Crippen molar-refractivity contribution in [3.8, 4) is 5.75 Å². The number of fused-ring (bicyclic) bond motifs is 1. The Hall–Kier alpha value is -1.81. The van der Waals surface area contributed by atoms with Gasteiger partial charge in [0.1, 0.15) is 17.7 Å². The number of hydrogen-bond acceptors (Lipinski definition) is 4. The van der Waals surface area contributed by atoms with E-state index in [4.69, 9.17) is 10.5 Å². The molecule has 1 unspecified atom stereocenters. The molecule has 2 N–H and O–H groups in total. The van der Waals surface area contributed by atoms with Crippen LogP contribution in [0.15, 0.2) is 47.4 Å². The molecular formula is C17H20N2OS. The Morgan fingerprint density at radius 3 is 2.81 bits per heavy atom. The highest BCUT2D eigenvalue weighted by atomic mass is 32.2. The number of thioether (sulfide) groups is 1. The summed E-state index contributed by atoms with van der Waals surface area (Å²) in [5.41, 5.74) is 9.02. The van der Waals surface area contributed by atoms with Crippen LogP contribution in [-0.2, 0) is 0 Å². The summed E-state index contributed by atoms with van der Waals surface area (Å²) >= 11 is 1.87. The zero-order valence-electron chi connectivity index (χ0n) is 12.4. The number of nitrogens with two attached hydrogens (primary N) is 1. The van der Waals surface area contributed by atoms with Gasteiger partial charge in [-0.1, -0.05) is 23.9 Å². The topological polar surface area (TPSA) is 38.5 Å². The van der Waals surface area contributed by atoms with Crippen LogP contribution in [0.2, 0.25) is 0 Å². The van der Waals surface area contributed by atoms with E-state index in [1.54, 1.807) is 0 Å². The number of ether oxygens (including phenoxy) is 1. The van der Waals surface area contributed by atoms with Crippen LogP contribution < -0.4 is 15.4 Å². The molecule has 3 rings (SSSR count). The summed E-state index contributed by atoms with van der Waals surface area (Å²) in [6, 6.07) is 14.4. The van der Waals surface area contributed by atoms with Gasteiger partial charge in [-0.3, -0.25) is 0 Å². The van der Waals surface area contributed by atoms with Crippen molar-refractivity contribution in [2.24, 2.45) is 0 Å². The summed E-state index contributed by atoms with van der Waals surface area (Å²) in [4.78, 5) is 3.73. The number of hydrogen-bond donors (Lipinski definition) is 1. The first kappa shape index (κ1) is 14.1. The van der Waals surface area contributed by atoms with Crippen molar-refractivity contribution in [1.29, 1.82) is 0 Å². The zero-order chi connectivity index (χ0) is 14.8. The second-order valence-corrected chi connectivity index (χ2v) is 6.38. The second kappa shape index (κ2) is 5.90. The van der Waals surface area contributed by atoms with Crippen LogP contribution in [0.1, 0.15) is 12.5 Å². The minimum Gasteiger partial charge on any atom is -0.491 e. The smallest absolute Gasteiger partial charge is 0.119 e. The van der Waals surface area contributed by atoms with E-state index in [1.165, 1.54) is 10.6 Å². The summed E-state index contributed by atoms with van der Waals surface area (Å²) in [6.45, 7) is 5.83. The first-order valence-electron chi connectivity index (χ1n) is 7.20. The third-order valence-electron chi connectivity index (χ3n) is 3.76. The standard InChI is InChI=1S/C17H20N2OS/c1-3-19-15-6-4-5-7-16(15)21-17(19)11-20-13-8-9-14(18)12(2)10-13/h4-10,17H,3,11,18H2,1-2H3. The van der Waals surface area contributed by atoms with Crippen molar-refractivity contribution in [2.45, 2.75) is 24.1 Å². The van der Waals surface area contributed by atoms with Crippen molar-refractivity contribution in [2.75, 3.05) is 23.8 Å². The van der Waals surface area contributed by atoms with Crippen LogP contribution >= 0.6 is 11.8 Å². The van der Waals surface area contributed by atoms with Crippen LogP contribution in [0.5, 0.6) is 5.75 Å². The van der Waals surface area contributed by atoms with Crippen molar-refractivity contribution < 1.29 is 4.74 Å². The number of benzene rings is 2. The molecule has 0 aliphatic carbocycles. The first-order chi connectivity index (χ1) is 10.2. The first-order valence-corrected chi connectivity index (χ1v) is 8.08. The van der Waals surface area contributed by atoms with E-state index >= 15 is 0 Å². The van der Waals surface area contributed by atoms with Crippen LogP contribution in [0.25, 0.3) is 0 Å². The minimum atomic E-state index is 0.324. The van der Waals surface area contributed by atoms with Gasteiger partial charge in [0.25, 0.3) is 0 Å². The maximum atomic E-state index is 5.97. The van der Waals surface area contributed by atoms with Crippen LogP contribution in [0, 0.1) is 6.92 Å². The largest absolute Gasteiger partial charge is 0.491 e. The molecule has 3 nitrogen and oxygen atoms in total.